The van der Waals surface area contributed by atoms with E-state index in [9.17, 15) is 14.4 Å². The van der Waals surface area contributed by atoms with Gasteiger partial charge in [-0.3, -0.25) is 25.2 Å². The maximum atomic E-state index is 13.0. The average molecular weight is 499 g/mol. The van der Waals surface area contributed by atoms with Gasteiger partial charge in [0, 0.05) is 17.4 Å². The van der Waals surface area contributed by atoms with Crippen molar-refractivity contribution in [3.63, 3.8) is 0 Å². The highest BCUT2D eigenvalue weighted by Gasteiger charge is 2.32. The number of para-hydroxylation sites is 1. The van der Waals surface area contributed by atoms with Crippen LogP contribution in [0, 0.1) is 0 Å². The topological polar surface area (TPSA) is 112 Å². The first-order valence-electron chi connectivity index (χ1n) is 11.9. The van der Waals surface area contributed by atoms with E-state index in [0.29, 0.717) is 22.3 Å². The number of carbonyl (C=O) groups is 2. The number of fused-ring (bicyclic) bond motifs is 2. The van der Waals surface area contributed by atoms with Gasteiger partial charge in [-0.1, -0.05) is 60.7 Å². The minimum atomic E-state index is -0.656. The number of hydrogen-bond acceptors (Lipinski definition) is 6. The van der Waals surface area contributed by atoms with Crippen molar-refractivity contribution in [2.75, 3.05) is 6.61 Å². The van der Waals surface area contributed by atoms with E-state index < -0.39 is 11.8 Å². The molecule has 0 saturated heterocycles. The molecule has 2 amide bonds. The van der Waals surface area contributed by atoms with E-state index in [1.165, 1.54) is 4.68 Å². The maximum absolute atomic E-state index is 13.0. The molecule has 3 aromatic carbocycles. The van der Waals surface area contributed by atoms with E-state index in [2.05, 4.69) is 16.0 Å². The van der Waals surface area contributed by atoms with Crippen molar-refractivity contribution in [1.82, 2.24) is 20.6 Å². The number of hydrazine groups is 1. The maximum Gasteiger partial charge on any atom is 0.290 e. The Morgan fingerprint density at radius 3 is 2.49 bits per heavy atom. The number of rotatable bonds is 6. The number of nitrogens with one attached hydrogen (secondary N) is 2. The second-order valence-corrected chi connectivity index (χ2v) is 9.42. The molecule has 4 aromatic rings. The standard InChI is InChI=1S/C28H26N4O5/c1-28(2)15-19-11-8-14-22(25(19)37-28)36-17-23(33)29-30-26(34)24-20-12-6-7-13-21(20)27(35)32(31-24)16-18-9-4-3-5-10-18/h3-14H,15-17H2,1-2H3,(H,29,33)(H,30,34). The van der Waals surface area contributed by atoms with Gasteiger partial charge < -0.3 is 9.47 Å². The van der Waals surface area contributed by atoms with Crippen LogP contribution < -0.4 is 25.9 Å². The van der Waals surface area contributed by atoms with Crippen LogP contribution in [-0.2, 0) is 17.8 Å². The molecule has 5 rings (SSSR count). The first kappa shape index (κ1) is 24.1. The lowest BCUT2D eigenvalue weighted by molar-refractivity contribution is -0.123. The summed E-state index contributed by atoms with van der Waals surface area (Å²) < 4.78 is 12.9. The zero-order valence-corrected chi connectivity index (χ0v) is 20.5. The summed E-state index contributed by atoms with van der Waals surface area (Å²) in [5.41, 5.74) is 5.97. The summed E-state index contributed by atoms with van der Waals surface area (Å²) in [5, 5.41) is 5.06. The Kier molecular flexibility index (Phi) is 6.35. The minimum absolute atomic E-state index is 0.0175. The molecule has 0 saturated carbocycles. The van der Waals surface area contributed by atoms with Crippen LogP contribution in [0.5, 0.6) is 11.5 Å². The summed E-state index contributed by atoms with van der Waals surface area (Å²) in [6.45, 7) is 3.84. The third-order valence-corrected chi connectivity index (χ3v) is 5.99. The van der Waals surface area contributed by atoms with E-state index in [1.807, 2.05) is 56.3 Å². The molecule has 0 fully saturated rings. The summed E-state index contributed by atoms with van der Waals surface area (Å²) >= 11 is 0. The zero-order chi connectivity index (χ0) is 26.0. The number of carbonyl (C=O) groups excluding carboxylic acids is 2. The molecule has 1 aliphatic rings. The Hall–Kier alpha value is -4.66. The molecule has 188 valence electrons. The Morgan fingerprint density at radius 1 is 0.973 bits per heavy atom. The van der Waals surface area contributed by atoms with E-state index in [4.69, 9.17) is 9.47 Å². The van der Waals surface area contributed by atoms with Crippen LogP contribution in [0.25, 0.3) is 10.8 Å². The average Bonchev–Trinajstić information content (AvgIpc) is 3.22. The normalized spacial score (nSPS) is 13.5. The summed E-state index contributed by atoms with van der Waals surface area (Å²) in [6, 6.07) is 21.6. The Bertz CT molecular complexity index is 1550. The molecule has 9 heteroatoms. The summed E-state index contributed by atoms with van der Waals surface area (Å²) in [6.07, 6.45) is 0.745. The lowest BCUT2D eigenvalue weighted by Gasteiger charge is -2.18. The molecule has 0 atom stereocenters. The largest absolute Gasteiger partial charge is 0.483 e. The van der Waals surface area contributed by atoms with Crippen LogP contribution in [0.15, 0.2) is 77.6 Å². The molecular formula is C28H26N4O5. The first-order chi connectivity index (χ1) is 17.8. The van der Waals surface area contributed by atoms with Gasteiger partial charge in [-0.15, -0.1) is 0 Å². The van der Waals surface area contributed by atoms with Crippen molar-refractivity contribution in [1.29, 1.82) is 0 Å². The molecule has 1 aliphatic heterocycles. The van der Waals surface area contributed by atoms with Crippen LogP contribution >= 0.6 is 0 Å². The highest BCUT2D eigenvalue weighted by atomic mass is 16.5. The van der Waals surface area contributed by atoms with E-state index in [-0.39, 0.29) is 30.0 Å². The lowest BCUT2D eigenvalue weighted by Crippen LogP contribution is -2.44. The Balaban J connectivity index is 1.29. The molecule has 2 N–H and O–H groups in total. The summed E-state index contributed by atoms with van der Waals surface area (Å²) in [5.74, 6) is -0.131. The predicted octanol–water partition coefficient (Wildman–Crippen LogP) is 3.00. The predicted molar refractivity (Wildman–Crippen MR) is 138 cm³/mol. The van der Waals surface area contributed by atoms with Crippen molar-refractivity contribution in [3.05, 3.63) is 100.0 Å². The molecule has 0 unspecified atom stereocenters. The van der Waals surface area contributed by atoms with Gasteiger partial charge in [0.2, 0.25) is 0 Å². The second-order valence-electron chi connectivity index (χ2n) is 9.42. The molecule has 1 aromatic heterocycles. The van der Waals surface area contributed by atoms with Gasteiger partial charge in [0.15, 0.2) is 23.8 Å². The highest BCUT2D eigenvalue weighted by Crippen LogP contribution is 2.41. The van der Waals surface area contributed by atoms with E-state index in [1.54, 1.807) is 30.3 Å². The number of benzene rings is 3. The molecule has 0 aliphatic carbocycles. The fraction of sp³-hybridized carbons (Fsp3) is 0.214. The van der Waals surface area contributed by atoms with Gasteiger partial charge >= 0.3 is 0 Å². The van der Waals surface area contributed by atoms with Crippen molar-refractivity contribution >= 4 is 22.6 Å². The van der Waals surface area contributed by atoms with Crippen LogP contribution in [0.4, 0.5) is 0 Å². The Morgan fingerprint density at radius 2 is 1.70 bits per heavy atom. The molecule has 9 nitrogen and oxygen atoms in total. The Labute approximate surface area is 213 Å². The fourth-order valence-electron chi connectivity index (χ4n) is 4.33. The smallest absolute Gasteiger partial charge is 0.290 e. The summed E-state index contributed by atoms with van der Waals surface area (Å²) in [4.78, 5) is 38.4. The van der Waals surface area contributed by atoms with Crippen molar-refractivity contribution in [2.24, 2.45) is 0 Å². The van der Waals surface area contributed by atoms with E-state index >= 15 is 0 Å². The van der Waals surface area contributed by atoms with E-state index in [0.717, 1.165) is 17.5 Å². The quantitative estimate of drug-likeness (QED) is 0.396. The molecular weight excluding hydrogens is 472 g/mol. The van der Waals surface area contributed by atoms with Gasteiger partial charge in [0.05, 0.1) is 11.9 Å². The minimum Gasteiger partial charge on any atom is -0.483 e. The van der Waals surface area contributed by atoms with Gasteiger partial charge in [0.25, 0.3) is 17.4 Å². The van der Waals surface area contributed by atoms with Gasteiger partial charge in [-0.2, -0.15) is 5.10 Å². The van der Waals surface area contributed by atoms with Crippen LogP contribution in [0.3, 0.4) is 0 Å². The van der Waals surface area contributed by atoms with Gasteiger partial charge in [0.1, 0.15) is 5.60 Å². The third kappa shape index (κ3) is 5.16. The number of nitrogens with zero attached hydrogens (tertiary/aromatic N) is 2. The number of hydrogen-bond donors (Lipinski definition) is 2. The highest BCUT2D eigenvalue weighted by molar-refractivity contribution is 6.05. The first-order valence-corrected chi connectivity index (χ1v) is 11.9. The van der Waals surface area contributed by atoms with Crippen molar-refractivity contribution < 1.29 is 19.1 Å². The van der Waals surface area contributed by atoms with Crippen LogP contribution in [0.1, 0.15) is 35.5 Å². The summed E-state index contributed by atoms with van der Waals surface area (Å²) in [7, 11) is 0. The molecule has 0 bridgehead atoms. The molecule has 37 heavy (non-hydrogen) atoms. The van der Waals surface area contributed by atoms with Crippen molar-refractivity contribution in [3.8, 4) is 11.5 Å². The lowest BCUT2D eigenvalue weighted by atomic mass is 10.0. The second kappa shape index (κ2) is 9.77. The van der Waals surface area contributed by atoms with Crippen LogP contribution in [-0.4, -0.2) is 33.8 Å². The molecule has 2 heterocycles. The monoisotopic (exact) mass is 498 g/mol. The fourth-order valence-corrected chi connectivity index (χ4v) is 4.33. The van der Waals surface area contributed by atoms with Crippen LogP contribution in [0.2, 0.25) is 0 Å². The zero-order valence-electron chi connectivity index (χ0n) is 20.5. The number of aromatic nitrogens is 2. The SMILES string of the molecule is CC1(C)Cc2cccc(OCC(=O)NNC(=O)c3nn(Cc4ccccc4)c(=O)c4ccccc34)c2O1. The van der Waals surface area contributed by atoms with Gasteiger partial charge in [-0.05, 0) is 31.5 Å². The number of ether oxygens (including phenoxy) is 2. The number of amides is 2. The molecule has 0 spiro atoms. The molecule has 0 radical (unpaired) electrons. The van der Waals surface area contributed by atoms with Gasteiger partial charge in [-0.25, -0.2) is 4.68 Å². The third-order valence-electron chi connectivity index (χ3n) is 5.99. The van der Waals surface area contributed by atoms with Crippen molar-refractivity contribution in [2.45, 2.75) is 32.4 Å².